The molecule has 1 heterocycles. The molecule has 1 amide bonds. The number of amides is 1. The number of aromatic amines is 1. The fourth-order valence-electron chi connectivity index (χ4n) is 2.32. The van der Waals surface area contributed by atoms with Crippen LogP contribution in [-0.2, 0) is 0 Å². The molecular weight excluding hydrogens is 350 g/mol. The lowest BCUT2D eigenvalue weighted by Crippen LogP contribution is -2.34. The first-order valence-electron chi connectivity index (χ1n) is 7.89. The van der Waals surface area contributed by atoms with Crippen molar-refractivity contribution >= 4 is 34.9 Å². The second-order valence-corrected chi connectivity index (χ2v) is 5.57. The van der Waals surface area contributed by atoms with Crippen LogP contribution in [0.3, 0.4) is 0 Å². The Morgan fingerprint density at radius 3 is 2.38 bits per heavy atom. The van der Waals surface area contributed by atoms with Crippen LogP contribution in [0.15, 0.2) is 24.3 Å². The third-order valence-electron chi connectivity index (χ3n) is 3.64. The van der Waals surface area contributed by atoms with Crippen molar-refractivity contribution < 1.29 is 4.79 Å². The molecule has 132 valence electrons. The Balaban J connectivity index is 2.01. The van der Waals surface area contributed by atoms with Crippen LogP contribution in [0.4, 0.5) is 11.6 Å². The SMILES string of the molecule is CCN(CC)c1ccc(C(=O)NC(=S)Nc2nc(C#N)c(C#N)[nH]2)cc1. The van der Waals surface area contributed by atoms with Crippen LogP contribution in [0.2, 0.25) is 0 Å². The number of carbonyl (C=O) groups is 1. The molecule has 0 bridgehead atoms. The molecule has 0 aliphatic carbocycles. The van der Waals surface area contributed by atoms with Crippen molar-refractivity contribution in [2.45, 2.75) is 13.8 Å². The highest BCUT2D eigenvalue weighted by Crippen LogP contribution is 2.15. The van der Waals surface area contributed by atoms with Gasteiger partial charge in [0, 0.05) is 24.3 Å². The van der Waals surface area contributed by atoms with E-state index in [9.17, 15) is 4.79 Å². The first-order chi connectivity index (χ1) is 12.5. The van der Waals surface area contributed by atoms with E-state index in [0.29, 0.717) is 5.56 Å². The lowest BCUT2D eigenvalue weighted by molar-refractivity contribution is 0.0978. The van der Waals surface area contributed by atoms with Crippen molar-refractivity contribution in [2.75, 3.05) is 23.3 Å². The van der Waals surface area contributed by atoms with Crippen LogP contribution in [0.5, 0.6) is 0 Å². The Morgan fingerprint density at radius 1 is 1.23 bits per heavy atom. The summed E-state index contributed by atoms with van der Waals surface area (Å²) in [7, 11) is 0. The van der Waals surface area contributed by atoms with E-state index < -0.39 is 0 Å². The monoisotopic (exact) mass is 367 g/mol. The number of hydrogen-bond donors (Lipinski definition) is 3. The fourth-order valence-corrected chi connectivity index (χ4v) is 2.51. The number of carbonyl (C=O) groups excluding carboxylic acids is 1. The highest BCUT2D eigenvalue weighted by Gasteiger charge is 2.13. The Bertz CT molecular complexity index is 854. The number of rotatable bonds is 5. The van der Waals surface area contributed by atoms with Crippen LogP contribution < -0.4 is 15.5 Å². The molecule has 0 saturated heterocycles. The van der Waals surface area contributed by atoms with Crippen LogP contribution in [0.1, 0.15) is 35.6 Å². The van der Waals surface area contributed by atoms with E-state index in [4.69, 9.17) is 22.7 Å². The molecule has 2 rings (SSSR count). The molecule has 26 heavy (non-hydrogen) atoms. The van der Waals surface area contributed by atoms with Crippen LogP contribution in [0.25, 0.3) is 0 Å². The zero-order valence-electron chi connectivity index (χ0n) is 14.3. The van der Waals surface area contributed by atoms with Gasteiger partial charge < -0.3 is 15.2 Å². The van der Waals surface area contributed by atoms with Gasteiger partial charge in [-0.3, -0.25) is 10.1 Å². The first-order valence-corrected chi connectivity index (χ1v) is 8.30. The molecular formula is C17H17N7OS. The summed E-state index contributed by atoms with van der Waals surface area (Å²) in [5.74, 6) is -0.263. The summed E-state index contributed by atoms with van der Waals surface area (Å²) in [5.41, 5.74) is 1.48. The summed E-state index contributed by atoms with van der Waals surface area (Å²) in [5, 5.41) is 22.9. The number of anilines is 2. The lowest BCUT2D eigenvalue weighted by Gasteiger charge is -2.21. The van der Waals surface area contributed by atoms with Crippen molar-refractivity contribution in [3.63, 3.8) is 0 Å². The third kappa shape index (κ3) is 4.35. The predicted octanol–water partition coefficient (Wildman–Crippen LogP) is 2.13. The van der Waals surface area contributed by atoms with Gasteiger partial charge in [0.15, 0.2) is 16.5 Å². The molecule has 0 spiro atoms. The second-order valence-electron chi connectivity index (χ2n) is 5.16. The molecule has 0 saturated carbocycles. The van der Waals surface area contributed by atoms with Crippen LogP contribution in [-0.4, -0.2) is 34.1 Å². The van der Waals surface area contributed by atoms with Crippen molar-refractivity contribution in [1.29, 1.82) is 10.5 Å². The zero-order valence-corrected chi connectivity index (χ0v) is 15.1. The Morgan fingerprint density at radius 2 is 1.88 bits per heavy atom. The Hall–Kier alpha value is -3.43. The third-order valence-corrected chi connectivity index (χ3v) is 3.84. The largest absolute Gasteiger partial charge is 0.372 e. The molecule has 0 radical (unpaired) electrons. The van der Waals surface area contributed by atoms with Gasteiger partial charge in [-0.2, -0.15) is 10.5 Å². The van der Waals surface area contributed by atoms with E-state index in [2.05, 4.69) is 39.3 Å². The first kappa shape index (κ1) is 18.9. The van der Waals surface area contributed by atoms with Gasteiger partial charge in [0.05, 0.1) is 0 Å². The number of nitrogens with one attached hydrogen (secondary N) is 3. The smallest absolute Gasteiger partial charge is 0.257 e. The normalized spacial score (nSPS) is 9.69. The lowest BCUT2D eigenvalue weighted by atomic mass is 10.2. The van der Waals surface area contributed by atoms with Gasteiger partial charge in [0.2, 0.25) is 5.95 Å². The van der Waals surface area contributed by atoms with E-state index in [-0.39, 0.29) is 28.4 Å². The van der Waals surface area contributed by atoms with Gasteiger partial charge in [0.25, 0.3) is 5.91 Å². The summed E-state index contributed by atoms with van der Waals surface area (Å²) in [6.07, 6.45) is 0. The number of nitrogens with zero attached hydrogens (tertiary/aromatic N) is 4. The number of thiocarbonyl (C=S) groups is 1. The van der Waals surface area contributed by atoms with Gasteiger partial charge >= 0.3 is 0 Å². The quantitative estimate of drug-likeness (QED) is 0.692. The van der Waals surface area contributed by atoms with E-state index in [1.165, 1.54) is 0 Å². The summed E-state index contributed by atoms with van der Waals surface area (Å²) in [6.45, 7) is 5.90. The van der Waals surface area contributed by atoms with Gasteiger partial charge in [-0.1, -0.05) is 0 Å². The maximum Gasteiger partial charge on any atom is 0.257 e. The predicted molar refractivity (Wildman–Crippen MR) is 102 cm³/mol. The van der Waals surface area contributed by atoms with Crippen LogP contribution >= 0.6 is 12.2 Å². The van der Waals surface area contributed by atoms with E-state index in [1.807, 2.05) is 18.2 Å². The van der Waals surface area contributed by atoms with Gasteiger partial charge in [-0.25, -0.2) is 4.98 Å². The van der Waals surface area contributed by atoms with Gasteiger partial charge in [0.1, 0.15) is 12.1 Å². The molecule has 8 nitrogen and oxygen atoms in total. The van der Waals surface area contributed by atoms with Crippen LogP contribution in [0, 0.1) is 22.7 Å². The highest BCUT2D eigenvalue weighted by molar-refractivity contribution is 7.80. The van der Waals surface area contributed by atoms with Crippen molar-refractivity contribution in [3.8, 4) is 12.1 Å². The van der Waals surface area contributed by atoms with E-state index in [0.717, 1.165) is 18.8 Å². The molecule has 0 fully saturated rings. The average molecular weight is 367 g/mol. The number of hydrogen-bond acceptors (Lipinski definition) is 6. The Kier molecular flexibility index (Phi) is 6.25. The zero-order chi connectivity index (χ0) is 19.1. The maximum absolute atomic E-state index is 12.3. The van der Waals surface area contributed by atoms with E-state index in [1.54, 1.807) is 18.2 Å². The topological polar surface area (TPSA) is 121 Å². The Labute approximate surface area is 156 Å². The standard InChI is InChI=1S/C17H17N7OS/c1-3-24(4-2)12-7-5-11(6-8-12)15(25)22-17(26)23-16-20-13(9-18)14(10-19)21-16/h5-8H,3-4H2,1-2H3,(H3,20,21,22,23,25,26). The minimum absolute atomic E-state index is 0.00514. The molecule has 2 aromatic rings. The molecule has 0 aliphatic heterocycles. The second kappa shape index (κ2) is 8.60. The van der Waals surface area contributed by atoms with Gasteiger partial charge in [-0.05, 0) is 50.3 Å². The number of benzene rings is 1. The van der Waals surface area contributed by atoms with Gasteiger partial charge in [-0.15, -0.1) is 0 Å². The summed E-state index contributed by atoms with van der Waals surface area (Å²) in [6, 6.07) is 10.8. The highest BCUT2D eigenvalue weighted by atomic mass is 32.1. The average Bonchev–Trinajstić information content (AvgIpc) is 3.05. The molecule has 3 N–H and O–H groups in total. The summed E-state index contributed by atoms with van der Waals surface area (Å²) in [4.78, 5) is 20.9. The summed E-state index contributed by atoms with van der Waals surface area (Å²) >= 11 is 5.07. The minimum atomic E-state index is -0.374. The molecule has 1 aromatic carbocycles. The molecule has 9 heteroatoms. The maximum atomic E-state index is 12.3. The molecule has 0 aliphatic rings. The molecule has 1 aromatic heterocycles. The molecule has 0 atom stereocenters. The number of nitriles is 2. The number of H-pyrrole nitrogens is 1. The fraction of sp³-hybridized carbons (Fsp3) is 0.235. The number of aromatic nitrogens is 2. The number of imidazole rings is 1. The molecule has 0 unspecified atom stereocenters. The van der Waals surface area contributed by atoms with Crippen molar-refractivity contribution in [2.24, 2.45) is 0 Å². The van der Waals surface area contributed by atoms with Crippen molar-refractivity contribution in [3.05, 3.63) is 41.2 Å². The van der Waals surface area contributed by atoms with E-state index >= 15 is 0 Å². The van der Waals surface area contributed by atoms with Crippen molar-refractivity contribution in [1.82, 2.24) is 15.3 Å². The summed E-state index contributed by atoms with van der Waals surface area (Å²) < 4.78 is 0. The minimum Gasteiger partial charge on any atom is -0.372 e.